The van der Waals surface area contributed by atoms with Crippen molar-refractivity contribution < 1.29 is 9.59 Å². The second-order valence-corrected chi connectivity index (χ2v) is 8.79. The van der Waals surface area contributed by atoms with E-state index in [-0.39, 0.29) is 11.3 Å². The fourth-order valence-electron chi connectivity index (χ4n) is 4.71. The SMILES string of the molecule is O=C(CN1CCC[C@]2(CCC(=O)N(CC3CC3)C2)C1)NCc1ccccc1. The Kier molecular flexibility index (Phi) is 5.48. The second-order valence-electron chi connectivity index (χ2n) is 8.79. The van der Waals surface area contributed by atoms with Crippen LogP contribution >= 0.6 is 0 Å². The monoisotopic (exact) mass is 369 g/mol. The maximum atomic E-state index is 12.4. The molecule has 2 amide bonds. The molecule has 146 valence electrons. The predicted molar refractivity (Wildman–Crippen MR) is 105 cm³/mol. The number of amides is 2. The van der Waals surface area contributed by atoms with Crippen molar-refractivity contribution >= 4 is 11.8 Å². The first-order chi connectivity index (χ1) is 13.1. The molecule has 3 fully saturated rings. The van der Waals surface area contributed by atoms with Crippen LogP contribution in [0.5, 0.6) is 0 Å². The summed E-state index contributed by atoms with van der Waals surface area (Å²) in [7, 11) is 0. The van der Waals surface area contributed by atoms with E-state index in [2.05, 4.69) is 15.1 Å². The van der Waals surface area contributed by atoms with Crippen LogP contribution in [0.3, 0.4) is 0 Å². The fourth-order valence-corrected chi connectivity index (χ4v) is 4.71. The van der Waals surface area contributed by atoms with Gasteiger partial charge in [-0.25, -0.2) is 0 Å². The van der Waals surface area contributed by atoms with Gasteiger partial charge in [0.05, 0.1) is 6.54 Å². The molecular weight excluding hydrogens is 338 g/mol. The van der Waals surface area contributed by atoms with Gasteiger partial charge < -0.3 is 10.2 Å². The van der Waals surface area contributed by atoms with Gasteiger partial charge in [0.1, 0.15) is 0 Å². The van der Waals surface area contributed by atoms with Crippen LogP contribution in [0.2, 0.25) is 0 Å². The van der Waals surface area contributed by atoms with E-state index in [0.29, 0.717) is 25.4 Å². The number of rotatable bonds is 6. The minimum Gasteiger partial charge on any atom is -0.351 e. The van der Waals surface area contributed by atoms with Crippen molar-refractivity contribution in [3.8, 4) is 0 Å². The van der Waals surface area contributed by atoms with E-state index in [1.54, 1.807) is 0 Å². The van der Waals surface area contributed by atoms with Crippen LogP contribution in [0.25, 0.3) is 0 Å². The molecule has 0 unspecified atom stereocenters. The molecule has 2 saturated heterocycles. The summed E-state index contributed by atoms with van der Waals surface area (Å²) >= 11 is 0. The highest BCUT2D eigenvalue weighted by Gasteiger charge is 2.42. The van der Waals surface area contributed by atoms with Gasteiger partial charge in [-0.3, -0.25) is 14.5 Å². The largest absolute Gasteiger partial charge is 0.351 e. The summed E-state index contributed by atoms with van der Waals surface area (Å²) in [6.07, 6.45) is 6.53. The molecule has 1 aliphatic carbocycles. The first kappa shape index (κ1) is 18.5. The highest BCUT2D eigenvalue weighted by molar-refractivity contribution is 5.78. The van der Waals surface area contributed by atoms with Crippen LogP contribution in [-0.4, -0.2) is 54.3 Å². The van der Waals surface area contributed by atoms with E-state index >= 15 is 0 Å². The van der Waals surface area contributed by atoms with Crippen molar-refractivity contribution in [1.29, 1.82) is 0 Å². The van der Waals surface area contributed by atoms with Crippen LogP contribution in [0, 0.1) is 11.3 Å². The van der Waals surface area contributed by atoms with Crippen molar-refractivity contribution in [3.05, 3.63) is 35.9 Å². The quantitative estimate of drug-likeness (QED) is 0.838. The first-order valence-corrected chi connectivity index (χ1v) is 10.4. The molecule has 5 nitrogen and oxygen atoms in total. The predicted octanol–water partition coefficient (Wildman–Crippen LogP) is 2.42. The number of benzene rings is 1. The van der Waals surface area contributed by atoms with Crippen LogP contribution in [0.1, 0.15) is 44.1 Å². The summed E-state index contributed by atoms with van der Waals surface area (Å²) in [5.41, 5.74) is 1.32. The van der Waals surface area contributed by atoms with Crippen LogP contribution < -0.4 is 5.32 Å². The molecule has 1 atom stereocenters. The molecule has 1 aromatic carbocycles. The Morgan fingerprint density at radius 2 is 1.96 bits per heavy atom. The number of piperidine rings is 2. The minimum atomic E-state index is 0.0950. The van der Waals surface area contributed by atoms with E-state index in [0.717, 1.165) is 50.5 Å². The third kappa shape index (κ3) is 4.89. The molecule has 2 heterocycles. The first-order valence-electron chi connectivity index (χ1n) is 10.4. The molecule has 2 aliphatic heterocycles. The third-order valence-electron chi connectivity index (χ3n) is 6.36. The third-order valence-corrected chi connectivity index (χ3v) is 6.36. The summed E-state index contributed by atoms with van der Waals surface area (Å²) < 4.78 is 0. The Morgan fingerprint density at radius 1 is 1.15 bits per heavy atom. The zero-order valence-corrected chi connectivity index (χ0v) is 16.2. The number of hydrogen-bond acceptors (Lipinski definition) is 3. The molecule has 1 N–H and O–H groups in total. The lowest BCUT2D eigenvalue weighted by Crippen LogP contribution is -2.55. The number of carbonyl (C=O) groups excluding carboxylic acids is 2. The van der Waals surface area contributed by atoms with Crippen molar-refractivity contribution in [2.45, 2.75) is 45.1 Å². The molecule has 3 aliphatic rings. The lowest BCUT2D eigenvalue weighted by atomic mass is 9.73. The number of carbonyl (C=O) groups is 2. The van der Waals surface area contributed by atoms with E-state index < -0.39 is 0 Å². The van der Waals surface area contributed by atoms with Gasteiger partial charge in [0.25, 0.3) is 0 Å². The summed E-state index contributed by atoms with van der Waals surface area (Å²) in [6, 6.07) is 10.0. The lowest BCUT2D eigenvalue weighted by molar-refractivity contribution is -0.140. The second kappa shape index (κ2) is 8.01. The summed E-state index contributed by atoms with van der Waals surface area (Å²) in [5.74, 6) is 1.18. The number of likely N-dealkylation sites (tertiary alicyclic amines) is 2. The molecule has 5 heteroatoms. The van der Waals surface area contributed by atoms with E-state index in [4.69, 9.17) is 0 Å². The topological polar surface area (TPSA) is 52.7 Å². The maximum absolute atomic E-state index is 12.4. The van der Waals surface area contributed by atoms with Gasteiger partial charge in [-0.15, -0.1) is 0 Å². The molecule has 27 heavy (non-hydrogen) atoms. The number of nitrogens with one attached hydrogen (secondary N) is 1. The van der Waals surface area contributed by atoms with E-state index in [1.165, 1.54) is 19.3 Å². The van der Waals surface area contributed by atoms with Gasteiger partial charge in [-0.1, -0.05) is 30.3 Å². The average Bonchev–Trinajstić information content (AvgIpc) is 3.48. The van der Waals surface area contributed by atoms with Crippen molar-refractivity contribution in [2.24, 2.45) is 11.3 Å². The Morgan fingerprint density at radius 3 is 2.74 bits per heavy atom. The van der Waals surface area contributed by atoms with Crippen LogP contribution in [0.4, 0.5) is 0 Å². The lowest BCUT2D eigenvalue weighted by Gasteiger charge is -2.48. The summed E-state index contributed by atoms with van der Waals surface area (Å²) in [5, 5.41) is 3.04. The van der Waals surface area contributed by atoms with Gasteiger partial charge in [0.15, 0.2) is 0 Å². The van der Waals surface area contributed by atoms with Gasteiger partial charge >= 0.3 is 0 Å². The number of nitrogens with zero attached hydrogens (tertiary/aromatic N) is 2. The highest BCUT2D eigenvalue weighted by atomic mass is 16.2. The maximum Gasteiger partial charge on any atom is 0.234 e. The van der Waals surface area contributed by atoms with Gasteiger partial charge in [0, 0.05) is 38.0 Å². The van der Waals surface area contributed by atoms with Crippen molar-refractivity contribution in [2.75, 3.05) is 32.7 Å². The van der Waals surface area contributed by atoms with Gasteiger partial charge in [-0.05, 0) is 50.1 Å². The summed E-state index contributed by atoms with van der Waals surface area (Å²) in [4.78, 5) is 29.1. The standard InChI is InChI=1S/C22H31N3O2/c26-20(23-13-18-5-2-1-3-6-18)15-24-12-4-10-22(16-24)11-9-21(27)25(17-22)14-19-7-8-19/h1-3,5-6,19H,4,7-17H2,(H,23,26)/t22-/m0/s1. The van der Waals surface area contributed by atoms with E-state index in [9.17, 15) is 9.59 Å². The molecule has 4 rings (SSSR count). The minimum absolute atomic E-state index is 0.0950. The fraction of sp³-hybridized carbons (Fsp3) is 0.636. The van der Waals surface area contributed by atoms with Crippen molar-refractivity contribution in [1.82, 2.24) is 15.1 Å². The van der Waals surface area contributed by atoms with Gasteiger partial charge in [-0.2, -0.15) is 0 Å². The number of hydrogen-bond donors (Lipinski definition) is 1. The smallest absolute Gasteiger partial charge is 0.234 e. The highest BCUT2D eigenvalue weighted by Crippen LogP contribution is 2.40. The molecule has 1 saturated carbocycles. The Labute approximate surface area is 162 Å². The normalized spacial score (nSPS) is 26.4. The zero-order chi connectivity index (χ0) is 18.7. The molecule has 0 bridgehead atoms. The molecule has 0 radical (unpaired) electrons. The average molecular weight is 370 g/mol. The molecule has 1 spiro atoms. The molecule has 0 aromatic heterocycles. The molecular formula is C22H31N3O2. The Bertz CT molecular complexity index is 673. The summed E-state index contributed by atoms with van der Waals surface area (Å²) in [6.45, 7) is 4.83. The zero-order valence-electron chi connectivity index (χ0n) is 16.2. The van der Waals surface area contributed by atoms with Crippen LogP contribution in [0.15, 0.2) is 30.3 Å². The van der Waals surface area contributed by atoms with Crippen molar-refractivity contribution in [3.63, 3.8) is 0 Å². The Hall–Kier alpha value is -1.88. The molecule has 1 aromatic rings. The van der Waals surface area contributed by atoms with Crippen LogP contribution in [-0.2, 0) is 16.1 Å². The Balaban J connectivity index is 1.29. The van der Waals surface area contributed by atoms with E-state index in [1.807, 2.05) is 30.3 Å². The van der Waals surface area contributed by atoms with Gasteiger partial charge in [0.2, 0.25) is 11.8 Å².